The Labute approximate surface area is 156 Å². The molecule has 1 spiro atoms. The fraction of sp³-hybridized carbons (Fsp3) is 0.667. The predicted octanol–water partition coefficient (Wildman–Crippen LogP) is 3.49. The van der Waals surface area contributed by atoms with Crippen LogP contribution in [0, 0.1) is 18.3 Å². The van der Waals surface area contributed by atoms with E-state index in [1.165, 1.54) is 19.3 Å². The second-order valence-corrected chi connectivity index (χ2v) is 8.20. The average molecular weight is 358 g/mol. The highest BCUT2D eigenvalue weighted by molar-refractivity contribution is 5.76. The molecule has 1 aromatic carbocycles. The summed E-state index contributed by atoms with van der Waals surface area (Å²) in [6, 6.07) is 6.57. The molecule has 0 radical (unpaired) electrons. The molecule has 5 nitrogen and oxygen atoms in total. The Kier molecular flexibility index (Phi) is 4.82. The fourth-order valence-corrected chi connectivity index (χ4v) is 5.15. The van der Waals surface area contributed by atoms with E-state index in [2.05, 4.69) is 16.3 Å². The number of carbonyl (C=O) groups is 1. The van der Waals surface area contributed by atoms with E-state index >= 15 is 0 Å². The maximum absolute atomic E-state index is 12.8. The molecule has 2 heterocycles. The van der Waals surface area contributed by atoms with Crippen molar-refractivity contribution in [3.8, 4) is 5.75 Å². The number of urea groups is 1. The van der Waals surface area contributed by atoms with Gasteiger partial charge in [-0.05, 0) is 55.7 Å². The molecule has 26 heavy (non-hydrogen) atoms. The Morgan fingerprint density at radius 2 is 2.12 bits per heavy atom. The highest BCUT2D eigenvalue weighted by atomic mass is 16.5. The van der Waals surface area contributed by atoms with Crippen LogP contribution in [-0.2, 0) is 11.3 Å². The van der Waals surface area contributed by atoms with Gasteiger partial charge in [-0.25, -0.2) is 4.79 Å². The smallest absolute Gasteiger partial charge is 0.317 e. The van der Waals surface area contributed by atoms with Gasteiger partial charge in [0, 0.05) is 37.8 Å². The molecule has 1 N–H and O–H groups in total. The molecule has 0 bridgehead atoms. The van der Waals surface area contributed by atoms with Crippen LogP contribution in [0.25, 0.3) is 0 Å². The topological polar surface area (TPSA) is 50.8 Å². The molecule has 1 saturated carbocycles. The summed E-state index contributed by atoms with van der Waals surface area (Å²) >= 11 is 0. The van der Waals surface area contributed by atoms with Crippen molar-refractivity contribution >= 4 is 6.03 Å². The van der Waals surface area contributed by atoms with Crippen LogP contribution in [-0.4, -0.2) is 43.8 Å². The van der Waals surface area contributed by atoms with Gasteiger partial charge in [0.25, 0.3) is 0 Å². The van der Waals surface area contributed by atoms with E-state index < -0.39 is 0 Å². The van der Waals surface area contributed by atoms with Crippen LogP contribution in [0.3, 0.4) is 0 Å². The van der Waals surface area contributed by atoms with Gasteiger partial charge in [-0.3, -0.25) is 0 Å². The standard InChI is InChI=1S/C21H30N2O3/c1-15-12-16(4-5-18(15)25-2)13-22-20(24)23-14-21(8-3-9-21)19(23)17-6-10-26-11-7-17/h4-5,12,17,19H,3,6-11,13-14H2,1-2H3,(H,22,24)/t19-/m1/s1. The Balaban J connectivity index is 1.38. The first-order valence-electron chi connectivity index (χ1n) is 9.89. The van der Waals surface area contributed by atoms with Gasteiger partial charge in [0.1, 0.15) is 5.75 Å². The van der Waals surface area contributed by atoms with Gasteiger partial charge < -0.3 is 19.7 Å². The minimum Gasteiger partial charge on any atom is -0.496 e. The summed E-state index contributed by atoms with van der Waals surface area (Å²) in [7, 11) is 1.68. The minimum absolute atomic E-state index is 0.0903. The van der Waals surface area contributed by atoms with Crippen LogP contribution in [0.5, 0.6) is 5.75 Å². The number of nitrogens with one attached hydrogen (secondary N) is 1. The zero-order valence-corrected chi connectivity index (χ0v) is 15.9. The lowest BCUT2D eigenvalue weighted by Crippen LogP contribution is -2.72. The fourth-order valence-electron chi connectivity index (χ4n) is 5.15. The van der Waals surface area contributed by atoms with Crippen LogP contribution in [0.1, 0.15) is 43.2 Å². The number of amides is 2. The third-order valence-electron chi connectivity index (χ3n) is 6.67. The molecule has 1 aliphatic carbocycles. The summed E-state index contributed by atoms with van der Waals surface area (Å²) in [6.45, 7) is 5.22. The molecule has 2 saturated heterocycles. The summed E-state index contributed by atoms with van der Waals surface area (Å²) in [5.74, 6) is 1.49. The van der Waals surface area contributed by atoms with E-state index in [9.17, 15) is 4.79 Å². The quantitative estimate of drug-likeness (QED) is 0.896. The predicted molar refractivity (Wildman–Crippen MR) is 100 cm³/mol. The van der Waals surface area contributed by atoms with Gasteiger partial charge in [0.15, 0.2) is 0 Å². The Morgan fingerprint density at radius 1 is 1.35 bits per heavy atom. The maximum atomic E-state index is 12.8. The molecule has 3 fully saturated rings. The largest absolute Gasteiger partial charge is 0.496 e. The molecule has 0 aromatic heterocycles. The number of ether oxygens (including phenoxy) is 2. The Morgan fingerprint density at radius 3 is 2.73 bits per heavy atom. The van der Waals surface area contributed by atoms with Crippen molar-refractivity contribution in [3.05, 3.63) is 29.3 Å². The van der Waals surface area contributed by atoms with Crippen LogP contribution in [0.15, 0.2) is 18.2 Å². The average Bonchev–Trinajstić information content (AvgIpc) is 2.59. The molecule has 3 aliphatic rings. The summed E-state index contributed by atoms with van der Waals surface area (Å²) < 4.78 is 10.8. The molecule has 1 aromatic rings. The minimum atomic E-state index is 0.0903. The van der Waals surface area contributed by atoms with E-state index in [1.54, 1.807) is 7.11 Å². The number of likely N-dealkylation sites (tertiary alicyclic amines) is 1. The number of rotatable bonds is 4. The van der Waals surface area contributed by atoms with Crippen molar-refractivity contribution in [1.82, 2.24) is 10.2 Å². The van der Waals surface area contributed by atoms with Crippen molar-refractivity contribution in [2.24, 2.45) is 11.3 Å². The van der Waals surface area contributed by atoms with Crippen molar-refractivity contribution in [2.75, 3.05) is 26.9 Å². The van der Waals surface area contributed by atoms with Gasteiger partial charge in [-0.2, -0.15) is 0 Å². The van der Waals surface area contributed by atoms with E-state index in [1.807, 2.05) is 19.1 Å². The first-order valence-corrected chi connectivity index (χ1v) is 9.89. The number of benzene rings is 1. The second-order valence-electron chi connectivity index (χ2n) is 8.20. The number of methoxy groups -OCH3 is 1. The number of aryl methyl sites for hydroxylation is 1. The van der Waals surface area contributed by atoms with Crippen molar-refractivity contribution < 1.29 is 14.3 Å². The van der Waals surface area contributed by atoms with Crippen molar-refractivity contribution in [1.29, 1.82) is 0 Å². The lowest BCUT2D eigenvalue weighted by Gasteiger charge is -2.64. The third kappa shape index (κ3) is 3.07. The lowest BCUT2D eigenvalue weighted by atomic mass is 9.54. The van der Waals surface area contributed by atoms with Crippen LogP contribution >= 0.6 is 0 Å². The molecular weight excluding hydrogens is 328 g/mol. The molecular formula is C21H30N2O3. The second kappa shape index (κ2) is 7.10. The highest BCUT2D eigenvalue weighted by Crippen LogP contribution is 2.56. The van der Waals surface area contributed by atoms with Gasteiger partial charge in [0.2, 0.25) is 0 Å². The molecule has 142 valence electrons. The molecule has 0 unspecified atom stereocenters. The monoisotopic (exact) mass is 358 g/mol. The summed E-state index contributed by atoms with van der Waals surface area (Å²) in [5.41, 5.74) is 2.62. The van der Waals surface area contributed by atoms with Gasteiger partial charge in [0.05, 0.1) is 7.11 Å². The molecule has 2 aliphatic heterocycles. The highest BCUT2D eigenvalue weighted by Gasteiger charge is 2.59. The van der Waals surface area contributed by atoms with E-state index in [-0.39, 0.29) is 6.03 Å². The van der Waals surface area contributed by atoms with Gasteiger partial charge >= 0.3 is 6.03 Å². The normalized spacial score (nSPS) is 24.7. The lowest BCUT2D eigenvalue weighted by molar-refractivity contribution is -0.137. The molecule has 2 amide bonds. The van der Waals surface area contributed by atoms with Crippen LogP contribution < -0.4 is 10.1 Å². The number of nitrogens with zero attached hydrogens (tertiary/aromatic N) is 1. The SMILES string of the molecule is COc1ccc(CNC(=O)N2CC3(CCC3)[C@H]2C2CCOCC2)cc1C. The zero-order chi connectivity index (χ0) is 18.1. The van der Waals surface area contributed by atoms with Crippen molar-refractivity contribution in [3.63, 3.8) is 0 Å². The van der Waals surface area contributed by atoms with E-state index in [0.717, 1.165) is 49.5 Å². The Bertz CT molecular complexity index is 665. The third-order valence-corrected chi connectivity index (χ3v) is 6.67. The summed E-state index contributed by atoms with van der Waals surface area (Å²) in [5, 5.41) is 3.14. The van der Waals surface area contributed by atoms with Crippen LogP contribution in [0.2, 0.25) is 0 Å². The maximum Gasteiger partial charge on any atom is 0.317 e. The number of hydrogen-bond donors (Lipinski definition) is 1. The molecule has 5 heteroatoms. The van der Waals surface area contributed by atoms with E-state index in [0.29, 0.717) is 23.9 Å². The number of hydrogen-bond acceptors (Lipinski definition) is 3. The van der Waals surface area contributed by atoms with Gasteiger partial charge in [-0.15, -0.1) is 0 Å². The van der Waals surface area contributed by atoms with Gasteiger partial charge in [-0.1, -0.05) is 18.6 Å². The van der Waals surface area contributed by atoms with Crippen molar-refractivity contribution in [2.45, 2.75) is 51.6 Å². The first kappa shape index (κ1) is 17.7. The first-order chi connectivity index (χ1) is 12.6. The zero-order valence-electron chi connectivity index (χ0n) is 15.9. The molecule has 4 rings (SSSR count). The number of carbonyl (C=O) groups excluding carboxylic acids is 1. The summed E-state index contributed by atoms with van der Waals surface area (Å²) in [4.78, 5) is 14.9. The van der Waals surface area contributed by atoms with E-state index in [4.69, 9.17) is 9.47 Å². The Hall–Kier alpha value is -1.75. The molecule has 1 atom stereocenters. The van der Waals surface area contributed by atoms with Crippen LogP contribution in [0.4, 0.5) is 4.79 Å². The summed E-state index contributed by atoms with van der Waals surface area (Å²) in [6.07, 6.45) is 6.08.